The standard InChI is InChI=1S/C19H18ClFN4O/c20-15-9-17(22)13(8-16(15)21)19(26)25-6-3-11(4-7-25)14-10-24-18-12(14)2-1-5-23-18/h1-2,5,8-11H,3-4,6-7,22H2,(H,23,24). The van der Waals surface area contributed by atoms with Crippen LogP contribution in [0.4, 0.5) is 10.1 Å². The third-order valence-corrected chi connectivity index (χ3v) is 5.32. The van der Waals surface area contributed by atoms with Crippen LogP contribution in [0.15, 0.2) is 36.7 Å². The van der Waals surface area contributed by atoms with Crippen LogP contribution in [0.1, 0.15) is 34.7 Å². The maximum atomic E-state index is 13.7. The van der Waals surface area contributed by atoms with Gasteiger partial charge in [-0.3, -0.25) is 4.79 Å². The van der Waals surface area contributed by atoms with Crippen molar-refractivity contribution in [2.24, 2.45) is 0 Å². The number of likely N-dealkylation sites (tertiary alicyclic amines) is 1. The Labute approximate surface area is 155 Å². The number of amides is 1. The van der Waals surface area contributed by atoms with E-state index in [0.717, 1.165) is 29.9 Å². The molecule has 1 aromatic carbocycles. The first-order valence-electron chi connectivity index (χ1n) is 8.50. The topological polar surface area (TPSA) is 75.0 Å². The van der Waals surface area contributed by atoms with Gasteiger partial charge in [-0.25, -0.2) is 9.37 Å². The van der Waals surface area contributed by atoms with Crippen molar-refractivity contribution >= 4 is 34.2 Å². The number of fused-ring (bicyclic) bond motifs is 1. The molecule has 1 amide bonds. The van der Waals surface area contributed by atoms with E-state index < -0.39 is 5.82 Å². The number of piperidine rings is 1. The molecule has 134 valence electrons. The summed E-state index contributed by atoms with van der Waals surface area (Å²) in [6.45, 7) is 1.19. The Morgan fingerprint density at radius 3 is 2.88 bits per heavy atom. The Kier molecular flexibility index (Phi) is 4.28. The molecule has 0 unspecified atom stereocenters. The summed E-state index contributed by atoms with van der Waals surface area (Å²) in [6, 6.07) is 6.40. The number of nitrogens with two attached hydrogens (primary N) is 1. The van der Waals surface area contributed by atoms with Crippen LogP contribution in [0, 0.1) is 5.82 Å². The van der Waals surface area contributed by atoms with Gasteiger partial charge >= 0.3 is 0 Å². The van der Waals surface area contributed by atoms with E-state index in [0.29, 0.717) is 19.0 Å². The fourth-order valence-corrected chi connectivity index (χ4v) is 3.80. The zero-order valence-electron chi connectivity index (χ0n) is 14.0. The lowest BCUT2D eigenvalue weighted by molar-refractivity contribution is 0.0714. The first-order valence-corrected chi connectivity index (χ1v) is 8.88. The van der Waals surface area contributed by atoms with E-state index in [1.807, 2.05) is 12.3 Å². The Balaban J connectivity index is 1.50. The molecular weight excluding hydrogens is 355 g/mol. The van der Waals surface area contributed by atoms with Crippen LogP contribution >= 0.6 is 11.6 Å². The summed E-state index contributed by atoms with van der Waals surface area (Å²) in [6.07, 6.45) is 5.44. The molecule has 1 aliphatic heterocycles. The Hall–Kier alpha value is -2.60. The number of aromatic nitrogens is 2. The maximum absolute atomic E-state index is 13.7. The van der Waals surface area contributed by atoms with Crippen LogP contribution in [-0.4, -0.2) is 33.9 Å². The maximum Gasteiger partial charge on any atom is 0.256 e. The van der Waals surface area contributed by atoms with Crippen molar-refractivity contribution < 1.29 is 9.18 Å². The molecule has 1 fully saturated rings. The number of H-pyrrole nitrogens is 1. The molecule has 26 heavy (non-hydrogen) atoms. The Morgan fingerprint density at radius 2 is 2.12 bits per heavy atom. The third kappa shape index (κ3) is 2.90. The highest BCUT2D eigenvalue weighted by atomic mass is 35.5. The summed E-state index contributed by atoms with van der Waals surface area (Å²) in [7, 11) is 0. The summed E-state index contributed by atoms with van der Waals surface area (Å²) in [4.78, 5) is 22.0. The highest BCUT2D eigenvalue weighted by Crippen LogP contribution is 2.33. The van der Waals surface area contributed by atoms with Gasteiger partial charge < -0.3 is 15.6 Å². The van der Waals surface area contributed by atoms with E-state index in [-0.39, 0.29) is 22.2 Å². The number of hydrogen-bond acceptors (Lipinski definition) is 3. The van der Waals surface area contributed by atoms with Gasteiger partial charge in [0.05, 0.1) is 10.6 Å². The lowest BCUT2D eigenvalue weighted by Crippen LogP contribution is -2.38. The second kappa shape index (κ2) is 6.61. The number of aromatic amines is 1. The molecule has 7 heteroatoms. The van der Waals surface area contributed by atoms with E-state index in [2.05, 4.69) is 16.0 Å². The molecule has 0 radical (unpaired) electrons. The largest absolute Gasteiger partial charge is 0.398 e. The number of benzene rings is 1. The number of rotatable bonds is 2. The van der Waals surface area contributed by atoms with E-state index in [1.54, 1.807) is 11.1 Å². The van der Waals surface area contributed by atoms with Gasteiger partial charge in [0.25, 0.3) is 5.91 Å². The number of nitrogens with one attached hydrogen (secondary N) is 1. The van der Waals surface area contributed by atoms with Gasteiger partial charge in [0.2, 0.25) is 0 Å². The van der Waals surface area contributed by atoms with Crippen LogP contribution in [0.3, 0.4) is 0 Å². The summed E-state index contributed by atoms with van der Waals surface area (Å²) in [5.41, 5.74) is 8.34. The number of carbonyl (C=O) groups excluding carboxylic acids is 1. The average molecular weight is 373 g/mol. The fourth-order valence-electron chi connectivity index (χ4n) is 3.63. The van der Waals surface area contributed by atoms with Gasteiger partial charge in [-0.15, -0.1) is 0 Å². The van der Waals surface area contributed by atoms with Gasteiger partial charge in [-0.1, -0.05) is 11.6 Å². The van der Waals surface area contributed by atoms with Gasteiger partial charge in [0, 0.05) is 36.6 Å². The zero-order valence-corrected chi connectivity index (χ0v) is 14.8. The summed E-state index contributed by atoms with van der Waals surface area (Å²) in [5, 5.41) is 1.05. The highest BCUT2D eigenvalue weighted by Gasteiger charge is 2.27. The normalized spacial score (nSPS) is 15.5. The molecule has 1 saturated heterocycles. The second-order valence-electron chi connectivity index (χ2n) is 6.56. The summed E-state index contributed by atoms with van der Waals surface area (Å²) < 4.78 is 13.7. The molecule has 0 spiro atoms. The van der Waals surface area contributed by atoms with Crippen molar-refractivity contribution in [2.75, 3.05) is 18.8 Å². The molecule has 3 N–H and O–H groups in total. The van der Waals surface area contributed by atoms with Gasteiger partial charge in [-0.05, 0) is 48.6 Å². The molecule has 0 atom stereocenters. The van der Waals surface area contributed by atoms with Crippen molar-refractivity contribution in [1.29, 1.82) is 0 Å². The monoisotopic (exact) mass is 372 g/mol. The van der Waals surface area contributed by atoms with E-state index in [1.165, 1.54) is 11.6 Å². The molecule has 3 aromatic rings. The number of nitrogen functional groups attached to an aromatic ring is 1. The molecule has 5 nitrogen and oxygen atoms in total. The first kappa shape index (κ1) is 16.8. The van der Waals surface area contributed by atoms with E-state index in [9.17, 15) is 9.18 Å². The van der Waals surface area contributed by atoms with E-state index in [4.69, 9.17) is 17.3 Å². The number of hydrogen-bond donors (Lipinski definition) is 2. The van der Waals surface area contributed by atoms with Crippen molar-refractivity contribution in [1.82, 2.24) is 14.9 Å². The lowest BCUT2D eigenvalue weighted by Gasteiger charge is -2.32. The van der Waals surface area contributed by atoms with Crippen LogP contribution < -0.4 is 5.73 Å². The number of anilines is 1. The van der Waals surface area contributed by atoms with Crippen molar-refractivity contribution in [3.8, 4) is 0 Å². The molecule has 0 bridgehead atoms. The molecule has 0 saturated carbocycles. The van der Waals surface area contributed by atoms with Crippen LogP contribution in [0.2, 0.25) is 5.02 Å². The minimum absolute atomic E-state index is 0.0781. The number of pyridine rings is 1. The molecule has 2 aromatic heterocycles. The third-order valence-electron chi connectivity index (χ3n) is 5.03. The minimum atomic E-state index is -0.634. The predicted octanol–water partition coefficient (Wildman–Crippen LogP) is 3.96. The summed E-state index contributed by atoms with van der Waals surface area (Å²) >= 11 is 5.71. The number of carbonyl (C=O) groups is 1. The first-order chi connectivity index (χ1) is 12.5. The molecular formula is C19H18ClFN4O. The van der Waals surface area contributed by atoms with Gasteiger partial charge in [0.15, 0.2) is 0 Å². The molecule has 3 heterocycles. The molecule has 0 aliphatic carbocycles. The number of nitrogens with zero attached hydrogens (tertiary/aromatic N) is 2. The fraction of sp³-hybridized carbons (Fsp3) is 0.263. The van der Waals surface area contributed by atoms with Gasteiger partial charge in [-0.2, -0.15) is 0 Å². The second-order valence-corrected chi connectivity index (χ2v) is 6.97. The minimum Gasteiger partial charge on any atom is -0.398 e. The summed E-state index contributed by atoms with van der Waals surface area (Å²) in [5.74, 6) is -0.529. The van der Waals surface area contributed by atoms with Gasteiger partial charge in [0.1, 0.15) is 11.5 Å². The van der Waals surface area contributed by atoms with Crippen molar-refractivity contribution in [3.05, 3.63) is 58.6 Å². The quantitative estimate of drug-likeness (QED) is 0.668. The highest BCUT2D eigenvalue weighted by molar-refractivity contribution is 6.31. The molecule has 4 rings (SSSR count). The van der Waals surface area contributed by atoms with E-state index >= 15 is 0 Å². The Bertz CT molecular complexity index is 979. The smallest absolute Gasteiger partial charge is 0.256 e. The predicted molar refractivity (Wildman–Crippen MR) is 99.8 cm³/mol. The van der Waals surface area contributed by atoms with Crippen molar-refractivity contribution in [3.63, 3.8) is 0 Å². The Morgan fingerprint density at radius 1 is 1.35 bits per heavy atom. The average Bonchev–Trinajstić information content (AvgIpc) is 3.08. The number of halogens is 2. The van der Waals surface area contributed by atoms with Crippen LogP contribution in [0.25, 0.3) is 11.0 Å². The molecule has 1 aliphatic rings. The van der Waals surface area contributed by atoms with Crippen molar-refractivity contribution in [2.45, 2.75) is 18.8 Å². The van der Waals surface area contributed by atoms with Crippen LogP contribution in [0.5, 0.6) is 0 Å². The SMILES string of the molecule is Nc1cc(Cl)c(F)cc1C(=O)N1CCC(c2c[nH]c3ncccc23)CC1. The van der Waals surface area contributed by atoms with Crippen LogP contribution in [-0.2, 0) is 0 Å². The lowest BCUT2D eigenvalue weighted by atomic mass is 9.89. The zero-order chi connectivity index (χ0) is 18.3.